The lowest BCUT2D eigenvalue weighted by molar-refractivity contribution is 0.348. The van der Waals surface area contributed by atoms with Crippen LogP contribution in [0.4, 0.5) is 0 Å². The van der Waals surface area contributed by atoms with Gasteiger partial charge in [0.25, 0.3) is 0 Å². The van der Waals surface area contributed by atoms with Gasteiger partial charge in [0.15, 0.2) is 0 Å². The van der Waals surface area contributed by atoms with Gasteiger partial charge in [0, 0.05) is 36.3 Å². The van der Waals surface area contributed by atoms with Crippen molar-refractivity contribution in [3.05, 3.63) is 131 Å². The van der Waals surface area contributed by atoms with Gasteiger partial charge in [0.05, 0.1) is 16.7 Å². The Morgan fingerprint density at radius 1 is 0.744 bits per heavy atom. The first-order valence-electron chi connectivity index (χ1n) is 15.2. The average Bonchev–Trinajstić information content (AvgIpc) is 3.48. The minimum atomic E-state index is -0.160. The van der Waals surface area contributed by atoms with Crippen LogP contribution >= 0.6 is 0 Å². The van der Waals surface area contributed by atoms with E-state index < -0.39 is 0 Å². The predicted molar refractivity (Wildman–Crippen MR) is 177 cm³/mol. The fraction of sp³-hybridized carbons (Fsp3) is 0.184. The summed E-state index contributed by atoms with van der Waals surface area (Å²) >= 11 is 0. The fourth-order valence-electron chi connectivity index (χ4n) is 7.62. The summed E-state index contributed by atoms with van der Waals surface area (Å²) in [5.74, 6) is 1.94. The number of nitrogens with zero attached hydrogens (tertiary/aromatic N) is 3. The molecule has 5 nitrogen and oxygen atoms in total. The Balaban J connectivity index is 1.28. The molecule has 0 fully saturated rings. The molecule has 9 rings (SSSR count). The van der Waals surface area contributed by atoms with Crippen LogP contribution in [0, 0.1) is 0 Å². The molecule has 1 aliphatic carbocycles. The third-order valence-corrected chi connectivity index (χ3v) is 9.83. The van der Waals surface area contributed by atoms with Crippen LogP contribution in [0.5, 0.6) is 0 Å². The summed E-state index contributed by atoms with van der Waals surface area (Å²) in [5.41, 5.74) is 10.1. The molecular formula is C38H33N5. The van der Waals surface area contributed by atoms with Crippen molar-refractivity contribution in [1.29, 1.82) is 0 Å². The van der Waals surface area contributed by atoms with E-state index in [1.807, 2.05) is 0 Å². The molecule has 0 amide bonds. The summed E-state index contributed by atoms with van der Waals surface area (Å²) < 4.78 is 2.32. The smallest absolute Gasteiger partial charge is 0.209 e. The van der Waals surface area contributed by atoms with E-state index in [-0.39, 0.29) is 11.5 Å². The third kappa shape index (κ3) is 3.42. The van der Waals surface area contributed by atoms with E-state index in [1.54, 1.807) is 0 Å². The van der Waals surface area contributed by atoms with Crippen LogP contribution in [0.25, 0.3) is 43.7 Å². The average molecular weight is 560 g/mol. The molecule has 2 aliphatic heterocycles. The summed E-state index contributed by atoms with van der Waals surface area (Å²) in [6.45, 7) is 6.49. The molecule has 1 unspecified atom stereocenters. The molecular weight excluding hydrogens is 526 g/mol. The SMILES string of the molecule is CN1CCNC2=C1NC(n1c3ccccc3c3cc4ccccc4cc31)=NC2c1ccc2c(c1)-c1ccccc1C2(C)C. The van der Waals surface area contributed by atoms with E-state index in [2.05, 4.69) is 144 Å². The Labute approximate surface area is 251 Å². The first kappa shape index (κ1) is 24.6. The molecule has 1 atom stereocenters. The first-order valence-corrected chi connectivity index (χ1v) is 15.2. The Hall–Kier alpha value is -5.03. The number of fused-ring (bicyclic) bond motifs is 7. The first-order chi connectivity index (χ1) is 21.0. The van der Waals surface area contributed by atoms with Gasteiger partial charge in [-0.25, -0.2) is 4.99 Å². The zero-order chi connectivity index (χ0) is 28.9. The number of rotatable bonds is 1. The summed E-state index contributed by atoms with van der Waals surface area (Å²) in [7, 11) is 2.17. The van der Waals surface area contributed by atoms with Crippen molar-refractivity contribution < 1.29 is 0 Å². The Morgan fingerprint density at radius 3 is 2.37 bits per heavy atom. The van der Waals surface area contributed by atoms with Crippen LogP contribution < -0.4 is 10.6 Å². The molecule has 2 N–H and O–H groups in total. The molecule has 3 aliphatic rings. The van der Waals surface area contributed by atoms with E-state index >= 15 is 0 Å². The number of aliphatic imine (C=N–C) groups is 1. The molecule has 43 heavy (non-hydrogen) atoms. The molecule has 6 aromatic rings. The molecule has 5 heteroatoms. The summed E-state index contributed by atoms with van der Waals surface area (Å²) in [5, 5.41) is 12.4. The fourth-order valence-corrected chi connectivity index (χ4v) is 7.62. The topological polar surface area (TPSA) is 44.6 Å². The number of hydrogen-bond acceptors (Lipinski definition) is 4. The molecule has 0 radical (unpaired) electrons. The van der Waals surface area contributed by atoms with Crippen LogP contribution in [0.2, 0.25) is 0 Å². The van der Waals surface area contributed by atoms with Crippen molar-refractivity contribution in [2.24, 2.45) is 4.99 Å². The Kier molecular flexibility index (Phi) is 4.99. The molecule has 5 aromatic carbocycles. The van der Waals surface area contributed by atoms with Gasteiger partial charge in [0.1, 0.15) is 11.9 Å². The largest absolute Gasteiger partial charge is 0.382 e. The zero-order valence-electron chi connectivity index (χ0n) is 24.6. The van der Waals surface area contributed by atoms with Crippen LogP contribution in [-0.2, 0) is 5.41 Å². The van der Waals surface area contributed by atoms with Gasteiger partial charge < -0.3 is 15.5 Å². The lowest BCUT2D eigenvalue weighted by Crippen LogP contribution is -2.49. The predicted octanol–water partition coefficient (Wildman–Crippen LogP) is 7.51. The second-order valence-corrected chi connectivity index (χ2v) is 12.6. The quantitative estimate of drug-likeness (QED) is 0.219. The van der Waals surface area contributed by atoms with Gasteiger partial charge in [-0.1, -0.05) is 92.7 Å². The van der Waals surface area contributed by atoms with Gasteiger partial charge >= 0.3 is 0 Å². The van der Waals surface area contributed by atoms with E-state index in [1.165, 1.54) is 49.4 Å². The van der Waals surface area contributed by atoms with Crippen molar-refractivity contribution in [3.63, 3.8) is 0 Å². The highest BCUT2D eigenvalue weighted by atomic mass is 15.4. The maximum atomic E-state index is 5.53. The van der Waals surface area contributed by atoms with Gasteiger partial charge in [-0.15, -0.1) is 0 Å². The number of hydrogen-bond donors (Lipinski definition) is 2. The molecule has 210 valence electrons. The second-order valence-electron chi connectivity index (χ2n) is 12.6. The minimum absolute atomic E-state index is 0.0213. The van der Waals surface area contributed by atoms with Crippen molar-refractivity contribution in [2.45, 2.75) is 25.3 Å². The van der Waals surface area contributed by atoms with E-state index in [0.717, 1.165) is 41.6 Å². The second kappa shape index (κ2) is 8.74. The molecule has 0 spiro atoms. The maximum Gasteiger partial charge on any atom is 0.209 e. The molecule has 0 saturated heterocycles. The van der Waals surface area contributed by atoms with Gasteiger partial charge in [-0.3, -0.25) is 4.57 Å². The third-order valence-electron chi connectivity index (χ3n) is 9.83. The summed E-state index contributed by atoms with van der Waals surface area (Å²) in [6.07, 6.45) is 0. The lowest BCUT2D eigenvalue weighted by atomic mass is 9.82. The summed E-state index contributed by atoms with van der Waals surface area (Å²) in [6, 6.07) is 37.6. The van der Waals surface area contributed by atoms with Crippen molar-refractivity contribution in [3.8, 4) is 11.1 Å². The molecule has 0 bridgehead atoms. The van der Waals surface area contributed by atoms with Crippen LogP contribution in [0.15, 0.2) is 120 Å². The Bertz CT molecular complexity index is 2200. The van der Waals surface area contributed by atoms with Crippen LogP contribution in [-0.4, -0.2) is 35.6 Å². The molecule has 0 saturated carbocycles. The Morgan fingerprint density at radius 2 is 1.49 bits per heavy atom. The molecule has 3 heterocycles. The highest BCUT2D eigenvalue weighted by Gasteiger charge is 2.37. The van der Waals surface area contributed by atoms with Gasteiger partial charge in [-0.2, -0.15) is 0 Å². The highest BCUT2D eigenvalue weighted by Crippen LogP contribution is 2.49. The summed E-state index contributed by atoms with van der Waals surface area (Å²) in [4.78, 5) is 7.85. The minimum Gasteiger partial charge on any atom is -0.382 e. The van der Waals surface area contributed by atoms with E-state index in [0.29, 0.717) is 0 Å². The van der Waals surface area contributed by atoms with Gasteiger partial charge in [0.2, 0.25) is 5.96 Å². The molecule has 1 aromatic heterocycles. The monoisotopic (exact) mass is 559 g/mol. The van der Waals surface area contributed by atoms with Crippen molar-refractivity contribution in [2.75, 3.05) is 20.1 Å². The van der Waals surface area contributed by atoms with Gasteiger partial charge in [-0.05, 0) is 62.9 Å². The number of benzene rings is 5. The standard InChI is InChI=1S/C38H33N5/c1-38(2)30-14-8-6-12-26(30)28-21-25(16-17-31(28)38)34-35-36(42(3)19-18-39-35)41-37(40-34)43-32-15-9-7-13-27(32)29-20-23-10-4-5-11-24(23)22-33(29)43/h4-17,20-22,34,39H,18-19H2,1-3H3,(H,40,41). The normalized spacial score (nSPS) is 18.7. The lowest BCUT2D eigenvalue weighted by Gasteiger charge is -2.38. The maximum absolute atomic E-state index is 5.53. The highest BCUT2D eigenvalue weighted by molar-refractivity contribution is 6.17. The number of para-hydroxylation sites is 1. The number of likely N-dealkylation sites (N-methyl/N-ethyl adjacent to an activating group) is 1. The van der Waals surface area contributed by atoms with Crippen LogP contribution in [0.3, 0.4) is 0 Å². The van der Waals surface area contributed by atoms with E-state index in [4.69, 9.17) is 4.99 Å². The number of aromatic nitrogens is 1. The van der Waals surface area contributed by atoms with Crippen molar-refractivity contribution in [1.82, 2.24) is 20.1 Å². The van der Waals surface area contributed by atoms with E-state index in [9.17, 15) is 0 Å². The van der Waals surface area contributed by atoms with Crippen molar-refractivity contribution >= 4 is 38.5 Å². The van der Waals surface area contributed by atoms with Crippen LogP contribution in [0.1, 0.15) is 36.6 Å². The zero-order valence-corrected chi connectivity index (χ0v) is 24.6. The number of nitrogens with one attached hydrogen (secondary N) is 2.